The van der Waals surface area contributed by atoms with Crippen LogP contribution in [0, 0.1) is 0 Å². The van der Waals surface area contributed by atoms with Gasteiger partial charge in [0.1, 0.15) is 11.0 Å². The first-order chi connectivity index (χ1) is 6.56. The summed E-state index contributed by atoms with van der Waals surface area (Å²) >= 11 is 0. The third-order valence-corrected chi connectivity index (χ3v) is 3.36. The van der Waals surface area contributed by atoms with Crippen LogP contribution in [0.25, 0.3) is 11.0 Å². The molecular weight excluding hydrogens is 193 g/mol. The molecule has 0 aliphatic heterocycles. The molecule has 0 radical (unpaired) electrons. The van der Waals surface area contributed by atoms with Crippen LogP contribution in [0.1, 0.15) is 5.56 Å². The lowest BCUT2D eigenvalue weighted by molar-refractivity contribution is 0.958. The number of nitrogens with zero attached hydrogens (tertiary/aromatic N) is 2. The fourth-order valence-electron chi connectivity index (χ4n) is 1.56. The second-order valence-electron chi connectivity index (χ2n) is 4.56. The minimum absolute atomic E-state index is 0.799. The Morgan fingerprint density at radius 2 is 2.00 bits per heavy atom. The van der Waals surface area contributed by atoms with Crippen LogP contribution < -0.4 is 0 Å². The van der Waals surface area contributed by atoms with Crippen LogP contribution in [0.2, 0.25) is 0 Å². The SMILES string of the molecule is C[P+](C)(C)Cc1cccc2n[nH]nc12. The van der Waals surface area contributed by atoms with Crippen molar-refractivity contribution in [3.05, 3.63) is 23.8 Å². The number of fused-ring (bicyclic) bond motifs is 1. The second-order valence-corrected chi connectivity index (χ2v) is 9.45. The molecule has 1 heterocycles. The van der Waals surface area contributed by atoms with E-state index in [1.54, 1.807) is 0 Å². The van der Waals surface area contributed by atoms with Crippen molar-refractivity contribution >= 4 is 18.3 Å². The number of nitrogens with one attached hydrogen (secondary N) is 1. The number of aromatic amines is 1. The molecule has 1 N–H and O–H groups in total. The summed E-state index contributed by atoms with van der Waals surface area (Å²) in [4.78, 5) is 0. The zero-order chi connectivity index (χ0) is 10.2. The topological polar surface area (TPSA) is 41.6 Å². The minimum atomic E-state index is -0.799. The highest BCUT2D eigenvalue weighted by molar-refractivity contribution is 7.73. The van der Waals surface area contributed by atoms with Crippen LogP contribution in [0.3, 0.4) is 0 Å². The van der Waals surface area contributed by atoms with E-state index in [1.807, 2.05) is 6.07 Å². The number of rotatable bonds is 2. The second kappa shape index (κ2) is 3.32. The molecule has 0 unspecified atom stereocenters. The van der Waals surface area contributed by atoms with E-state index in [2.05, 4.69) is 47.5 Å². The van der Waals surface area contributed by atoms with Gasteiger partial charge in [-0.25, -0.2) is 0 Å². The highest BCUT2D eigenvalue weighted by Crippen LogP contribution is 2.50. The maximum atomic E-state index is 4.18. The Hall–Kier alpha value is -0.950. The van der Waals surface area contributed by atoms with Gasteiger partial charge in [0.15, 0.2) is 0 Å². The molecule has 0 saturated carbocycles. The van der Waals surface area contributed by atoms with E-state index < -0.39 is 7.26 Å². The van der Waals surface area contributed by atoms with Crippen molar-refractivity contribution in [3.8, 4) is 0 Å². The maximum Gasteiger partial charge on any atom is 0.119 e. The Morgan fingerprint density at radius 1 is 1.21 bits per heavy atom. The number of hydrogen-bond donors (Lipinski definition) is 1. The zero-order valence-electron chi connectivity index (χ0n) is 8.78. The van der Waals surface area contributed by atoms with Crippen LogP contribution in [-0.2, 0) is 6.16 Å². The first-order valence-electron chi connectivity index (χ1n) is 4.65. The molecule has 1 aromatic heterocycles. The average molecular weight is 208 g/mol. The zero-order valence-corrected chi connectivity index (χ0v) is 9.68. The van der Waals surface area contributed by atoms with Crippen LogP contribution >= 0.6 is 7.26 Å². The van der Waals surface area contributed by atoms with Crippen LogP contribution in [0.15, 0.2) is 18.2 Å². The van der Waals surface area contributed by atoms with Gasteiger partial charge in [-0.1, -0.05) is 12.1 Å². The molecule has 0 spiro atoms. The molecule has 4 heteroatoms. The summed E-state index contributed by atoms with van der Waals surface area (Å²) in [7, 11) is -0.799. The summed E-state index contributed by atoms with van der Waals surface area (Å²) in [5.74, 6) is 0. The fourth-order valence-corrected chi connectivity index (χ4v) is 2.84. The highest BCUT2D eigenvalue weighted by atomic mass is 31.2. The van der Waals surface area contributed by atoms with Gasteiger partial charge in [0.05, 0.1) is 6.16 Å². The Morgan fingerprint density at radius 3 is 2.71 bits per heavy atom. The number of benzene rings is 1. The first kappa shape index (κ1) is 9.60. The van der Waals surface area contributed by atoms with Gasteiger partial charge in [-0.05, 0) is 6.07 Å². The van der Waals surface area contributed by atoms with Gasteiger partial charge in [-0.3, -0.25) is 0 Å². The monoisotopic (exact) mass is 208 g/mol. The number of H-pyrrole nitrogens is 1. The quantitative estimate of drug-likeness (QED) is 0.770. The van der Waals surface area contributed by atoms with Crippen molar-refractivity contribution in [1.29, 1.82) is 0 Å². The molecule has 74 valence electrons. The van der Waals surface area contributed by atoms with E-state index in [4.69, 9.17) is 0 Å². The van der Waals surface area contributed by atoms with E-state index >= 15 is 0 Å². The van der Waals surface area contributed by atoms with Crippen LogP contribution in [0.5, 0.6) is 0 Å². The van der Waals surface area contributed by atoms with E-state index in [-0.39, 0.29) is 0 Å². The molecular formula is C10H15N3P+. The smallest absolute Gasteiger partial charge is 0.119 e. The molecule has 0 atom stereocenters. The predicted octanol–water partition coefficient (Wildman–Crippen LogP) is 2.36. The number of hydrogen-bond acceptors (Lipinski definition) is 2. The number of aromatic nitrogens is 3. The number of para-hydroxylation sites is 1. The molecule has 0 bridgehead atoms. The molecule has 0 aliphatic rings. The van der Waals surface area contributed by atoms with Gasteiger partial charge in [-0.2, -0.15) is 15.4 Å². The Bertz CT molecular complexity index is 442. The molecule has 0 amide bonds. The van der Waals surface area contributed by atoms with Crippen molar-refractivity contribution in [3.63, 3.8) is 0 Å². The normalized spacial score (nSPS) is 12.2. The van der Waals surface area contributed by atoms with E-state index in [0.29, 0.717) is 0 Å². The lowest BCUT2D eigenvalue weighted by Gasteiger charge is -2.11. The maximum absolute atomic E-state index is 4.18. The molecule has 2 rings (SSSR count). The molecule has 1 aromatic carbocycles. The summed E-state index contributed by atoms with van der Waals surface area (Å²) in [6.07, 6.45) is 1.14. The molecule has 2 aromatic rings. The van der Waals surface area contributed by atoms with Crippen molar-refractivity contribution in [1.82, 2.24) is 15.4 Å². The van der Waals surface area contributed by atoms with Gasteiger partial charge in [-0.15, -0.1) is 0 Å². The van der Waals surface area contributed by atoms with Crippen LogP contribution in [-0.4, -0.2) is 35.4 Å². The third-order valence-electron chi connectivity index (χ3n) is 2.08. The molecule has 0 fully saturated rings. The van der Waals surface area contributed by atoms with Crippen molar-refractivity contribution in [2.45, 2.75) is 6.16 Å². The van der Waals surface area contributed by atoms with Gasteiger partial charge in [0, 0.05) is 32.8 Å². The molecule has 14 heavy (non-hydrogen) atoms. The summed E-state index contributed by atoms with van der Waals surface area (Å²) in [6.45, 7) is 7.02. The fraction of sp³-hybridized carbons (Fsp3) is 0.400. The van der Waals surface area contributed by atoms with E-state index in [0.717, 1.165) is 17.2 Å². The Labute approximate surface area is 84.2 Å². The van der Waals surface area contributed by atoms with Crippen molar-refractivity contribution in [2.24, 2.45) is 0 Å². The highest BCUT2D eigenvalue weighted by Gasteiger charge is 2.20. The molecule has 3 nitrogen and oxygen atoms in total. The largest absolute Gasteiger partial charge is 0.197 e. The van der Waals surface area contributed by atoms with Crippen LogP contribution in [0.4, 0.5) is 0 Å². The Balaban J connectivity index is 2.46. The van der Waals surface area contributed by atoms with Gasteiger partial charge in [0.25, 0.3) is 0 Å². The Kier molecular flexibility index (Phi) is 2.28. The van der Waals surface area contributed by atoms with Crippen molar-refractivity contribution < 1.29 is 0 Å². The predicted molar refractivity (Wildman–Crippen MR) is 62.3 cm³/mol. The summed E-state index contributed by atoms with van der Waals surface area (Å²) < 4.78 is 0. The summed E-state index contributed by atoms with van der Waals surface area (Å²) in [6, 6.07) is 6.19. The lowest BCUT2D eigenvalue weighted by atomic mass is 10.2. The molecule has 0 aliphatic carbocycles. The summed E-state index contributed by atoms with van der Waals surface area (Å²) in [5, 5.41) is 10.9. The minimum Gasteiger partial charge on any atom is -0.197 e. The standard InChI is InChI=1S/C10H15N3P/c1-14(2,3)7-8-5-4-6-9-10(8)12-13-11-9/h4-6H,7H2,1-3H3,(H,11,12,13)/q+1. The van der Waals surface area contributed by atoms with Gasteiger partial charge >= 0.3 is 0 Å². The average Bonchev–Trinajstić information content (AvgIpc) is 2.49. The van der Waals surface area contributed by atoms with Gasteiger partial charge < -0.3 is 0 Å². The third kappa shape index (κ3) is 1.93. The van der Waals surface area contributed by atoms with E-state index in [1.165, 1.54) is 5.56 Å². The van der Waals surface area contributed by atoms with E-state index in [9.17, 15) is 0 Å². The lowest BCUT2D eigenvalue weighted by Crippen LogP contribution is -1.92. The van der Waals surface area contributed by atoms with Crippen molar-refractivity contribution in [2.75, 3.05) is 20.0 Å². The summed E-state index contributed by atoms with van der Waals surface area (Å²) in [5.41, 5.74) is 3.32. The van der Waals surface area contributed by atoms with Gasteiger partial charge in [0.2, 0.25) is 0 Å². The first-order valence-corrected chi connectivity index (χ1v) is 7.97. The molecule has 0 saturated heterocycles.